The molecular weight excluding hydrogens is 1280 g/mol. The fourth-order valence-corrected chi connectivity index (χ4v) is 13.7. The number of unbranched alkanes of at least 4 members (excludes halogenated alkanes) is 42. The Morgan fingerprint density at radius 1 is 0.255 bits per heavy atom. The van der Waals surface area contributed by atoms with Gasteiger partial charge in [0.2, 0.25) is 0 Å². The van der Waals surface area contributed by atoms with Gasteiger partial charge in [-0.2, -0.15) is 0 Å². The highest BCUT2D eigenvalue weighted by molar-refractivity contribution is 7.47. The zero-order chi connectivity index (χ0) is 72.4. The second kappa shape index (κ2) is 68.2. The van der Waals surface area contributed by atoms with Crippen molar-refractivity contribution in [1.82, 2.24) is 0 Å². The van der Waals surface area contributed by atoms with Crippen molar-refractivity contribution >= 4 is 39.5 Å². The minimum atomic E-state index is -4.96. The topological polar surface area (TPSA) is 237 Å². The third-order valence-electron chi connectivity index (χ3n) is 18.3. The van der Waals surface area contributed by atoms with E-state index in [1.165, 1.54) is 205 Å². The summed E-state index contributed by atoms with van der Waals surface area (Å²) in [5, 5.41) is 10.6. The van der Waals surface area contributed by atoms with Crippen LogP contribution in [0.4, 0.5) is 0 Å². The van der Waals surface area contributed by atoms with Gasteiger partial charge in [-0.15, -0.1) is 0 Å². The molecule has 0 aliphatic carbocycles. The average molecular weight is 1440 g/mol. The molecule has 0 aromatic carbocycles. The lowest BCUT2D eigenvalue weighted by molar-refractivity contribution is -0.161. The summed E-state index contributed by atoms with van der Waals surface area (Å²) in [5.74, 6) is 0.936. The summed E-state index contributed by atoms with van der Waals surface area (Å²) in [7, 11) is -9.92. The van der Waals surface area contributed by atoms with Crippen molar-refractivity contribution in [2.24, 2.45) is 23.7 Å². The number of carbonyl (C=O) groups is 4. The number of hydrogen-bond donors (Lipinski definition) is 3. The van der Waals surface area contributed by atoms with E-state index in [1.807, 2.05) is 0 Å². The summed E-state index contributed by atoms with van der Waals surface area (Å²) in [6.45, 7) is 14.2. The van der Waals surface area contributed by atoms with E-state index in [9.17, 15) is 43.2 Å². The predicted octanol–water partition coefficient (Wildman–Crippen LogP) is 23.2. The van der Waals surface area contributed by atoms with Gasteiger partial charge in [-0.3, -0.25) is 37.3 Å². The normalized spacial score (nSPS) is 14.1. The minimum absolute atomic E-state index is 0.104. The van der Waals surface area contributed by atoms with Crippen LogP contribution in [0.5, 0.6) is 0 Å². The van der Waals surface area contributed by atoms with Gasteiger partial charge in [-0.25, -0.2) is 9.13 Å². The number of phosphoric ester groups is 2. The van der Waals surface area contributed by atoms with E-state index in [2.05, 4.69) is 55.4 Å². The second-order valence-electron chi connectivity index (χ2n) is 30.4. The predicted molar refractivity (Wildman–Crippen MR) is 400 cm³/mol. The molecule has 0 rings (SSSR count). The summed E-state index contributed by atoms with van der Waals surface area (Å²) in [4.78, 5) is 72.9. The van der Waals surface area contributed by atoms with Crippen LogP contribution < -0.4 is 0 Å². The van der Waals surface area contributed by atoms with Crippen molar-refractivity contribution < 1.29 is 80.2 Å². The van der Waals surface area contributed by atoms with Gasteiger partial charge in [-0.05, 0) is 49.4 Å². The zero-order valence-electron chi connectivity index (χ0n) is 64.4. The van der Waals surface area contributed by atoms with E-state index in [0.29, 0.717) is 25.7 Å². The number of aliphatic hydroxyl groups excluding tert-OH is 1. The molecule has 5 atom stereocenters. The Bertz CT molecular complexity index is 1920. The molecule has 3 unspecified atom stereocenters. The minimum Gasteiger partial charge on any atom is -0.462 e. The molecule has 0 saturated carbocycles. The molecule has 0 fully saturated rings. The molecular formula is C79H154O17P2. The largest absolute Gasteiger partial charge is 0.472 e. The van der Waals surface area contributed by atoms with Crippen LogP contribution in [-0.2, 0) is 65.4 Å². The van der Waals surface area contributed by atoms with Crippen molar-refractivity contribution in [2.75, 3.05) is 39.6 Å². The van der Waals surface area contributed by atoms with Gasteiger partial charge in [0.15, 0.2) is 12.2 Å². The Hall–Kier alpha value is -1.94. The monoisotopic (exact) mass is 1440 g/mol. The van der Waals surface area contributed by atoms with Gasteiger partial charge < -0.3 is 33.8 Å². The molecule has 0 bridgehead atoms. The van der Waals surface area contributed by atoms with Gasteiger partial charge in [0.1, 0.15) is 19.3 Å². The molecule has 0 aliphatic rings. The number of aliphatic hydroxyl groups is 1. The quantitative estimate of drug-likeness (QED) is 0.0222. The Morgan fingerprint density at radius 3 is 0.633 bits per heavy atom. The molecule has 0 aliphatic heterocycles. The van der Waals surface area contributed by atoms with Crippen LogP contribution in [0.25, 0.3) is 0 Å². The summed E-state index contributed by atoms with van der Waals surface area (Å²) in [5.41, 5.74) is 0. The van der Waals surface area contributed by atoms with E-state index < -0.39 is 97.5 Å². The smallest absolute Gasteiger partial charge is 0.462 e. The average Bonchev–Trinajstić information content (AvgIpc) is 0.944. The molecule has 0 aromatic rings. The molecule has 0 saturated heterocycles. The highest BCUT2D eigenvalue weighted by atomic mass is 31.2. The first kappa shape index (κ1) is 96.1. The number of ether oxygens (including phenoxy) is 4. The number of hydrogen-bond acceptors (Lipinski definition) is 15. The number of carbonyl (C=O) groups excluding carboxylic acids is 4. The summed E-state index contributed by atoms with van der Waals surface area (Å²) in [6.07, 6.45) is 54.2. The third-order valence-corrected chi connectivity index (χ3v) is 20.2. The molecule has 0 aromatic heterocycles. The fraction of sp³-hybridized carbons (Fsp3) is 0.949. The molecule has 3 N–H and O–H groups in total. The maximum absolute atomic E-state index is 13.1. The van der Waals surface area contributed by atoms with E-state index >= 15 is 0 Å². The Balaban J connectivity index is 5.22. The fourth-order valence-electron chi connectivity index (χ4n) is 12.1. The molecule has 0 amide bonds. The van der Waals surface area contributed by atoms with Gasteiger partial charge >= 0.3 is 39.5 Å². The first-order valence-electron chi connectivity index (χ1n) is 40.7. The van der Waals surface area contributed by atoms with Crippen molar-refractivity contribution in [3.8, 4) is 0 Å². The Kier molecular flexibility index (Phi) is 66.8. The summed E-state index contributed by atoms with van der Waals surface area (Å²) < 4.78 is 68.6. The maximum Gasteiger partial charge on any atom is 0.472 e. The molecule has 19 heteroatoms. The number of esters is 4. The molecule has 0 radical (unpaired) electrons. The van der Waals surface area contributed by atoms with E-state index in [0.717, 1.165) is 114 Å². The molecule has 582 valence electrons. The van der Waals surface area contributed by atoms with Gasteiger partial charge in [-0.1, -0.05) is 351 Å². The first-order chi connectivity index (χ1) is 47.1. The van der Waals surface area contributed by atoms with E-state index in [4.69, 9.17) is 37.0 Å². The lowest BCUT2D eigenvalue weighted by Crippen LogP contribution is -2.30. The van der Waals surface area contributed by atoms with Gasteiger partial charge in [0.05, 0.1) is 26.4 Å². The SMILES string of the molecule is CC(C)CCCCCCCCCCCCCCCCCCCCC(=O)O[C@H](COC(=O)CCCCCCCCCCCCCC(C)C)COP(=O)(O)OCC(O)COP(=O)(O)OC[C@@H](COC(=O)CCCCCCCCCCC(C)C)OC(=O)CCCCCCCCCCCC(C)C. The van der Waals surface area contributed by atoms with Gasteiger partial charge in [0.25, 0.3) is 0 Å². The lowest BCUT2D eigenvalue weighted by atomic mass is 10.0. The molecule has 98 heavy (non-hydrogen) atoms. The van der Waals surface area contributed by atoms with Crippen LogP contribution in [0.2, 0.25) is 0 Å². The third kappa shape index (κ3) is 72.4. The van der Waals surface area contributed by atoms with Crippen LogP contribution in [-0.4, -0.2) is 96.7 Å². The Labute approximate surface area is 600 Å². The van der Waals surface area contributed by atoms with Crippen LogP contribution in [0, 0.1) is 23.7 Å². The molecule has 0 spiro atoms. The maximum atomic E-state index is 13.1. The van der Waals surface area contributed by atoms with E-state index in [-0.39, 0.29) is 25.7 Å². The number of rotatable bonds is 76. The van der Waals surface area contributed by atoms with Crippen molar-refractivity contribution in [2.45, 2.75) is 420 Å². The highest BCUT2D eigenvalue weighted by Gasteiger charge is 2.30. The van der Waals surface area contributed by atoms with Crippen LogP contribution in [0.3, 0.4) is 0 Å². The standard InChI is InChI=1S/C79H154O17P2/c1-69(2)55-47-39-31-23-18-15-13-11-9-10-12-14-16-20-27-37-45-53-61-78(83)95-74(65-89-76(81)59-51-43-35-26-21-17-19-24-32-40-48-56-70(3)4)67-93-97(85,86)91-63-73(80)64-92-98(87,88)94-68-75(66-90-77(82)60-52-44-36-30-29-34-42-50-58-72(7)8)96-79(84)62-54-46-38-28-22-25-33-41-49-57-71(5)6/h69-75,80H,9-68H2,1-8H3,(H,85,86)(H,87,88)/t73?,74-,75-/m1/s1. The Morgan fingerprint density at radius 2 is 0.429 bits per heavy atom. The summed E-state index contributed by atoms with van der Waals surface area (Å²) in [6, 6.07) is 0. The second-order valence-corrected chi connectivity index (χ2v) is 33.3. The van der Waals surface area contributed by atoms with Crippen LogP contribution in [0.1, 0.15) is 402 Å². The van der Waals surface area contributed by atoms with Crippen LogP contribution in [0.15, 0.2) is 0 Å². The molecule has 17 nitrogen and oxygen atoms in total. The van der Waals surface area contributed by atoms with Crippen molar-refractivity contribution in [3.05, 3.63) is 0 Å². The summed E-state index contributed by atoms with van der Waals surface area (Å²) >= 11 is 0. The van der Waals surface area contributed by atoms with E-state index in [1.54, 1.807) is 0 Å². The highest BCUT2D eigenvalue weighted by Crippen LogP contribution is 2.45. The first-order valence-corrected chi connectivity index (χ1v) is 43.7. The van der Waals surface area contributed by atoms with Gasteiger partial charge in [0, 0.05) is 25.7 Å². The van der Waals surface area contributed by atoms with Crippen molar-refractivity contribution in [1.29, 1.82) is 0 Å². The van der Waals surface area contributed by atoms with Crippen LogP contribution >= 0.6 is 15.6 Å². The molecule has 0 heterocycles. The van der Waals surface area contributed by atoms with Crippen molar-refractivity contribution in [3.63, 3.8) is 0 Å². The number of phosphoric acid groups is 2. The lowest BCUT2D eigenvalue weighted by Gasteiger charge is -2.21. The zero-order valence-corrected chi connectivity index (χ0v) is 66.2.